The van der Waals surface area contributed by atoms with Gasteiger partial charge in [0.25, 0.3) is 11.1 Å². The third kappa shape index (κ3) is 3.83. The van der Waals surface area contributed by atoms with Crippen molar-refractivity contribution >= 4 is 16.7 Å². The van der Waals surface area contributed by atoms with Gasteiger partial charge in [0.2, 0.25) is 5.95 Å². The number of aromatic nitrogens is 4. The Labute approximate surface area is 162 Å². The molecule has 7 heteroatoms. The molecule has 1 fully saturated rings. The van der Waals surface area contributed by atoms with Crippen LogP contribution in [0.4, 0.5) is 5.95 Å². The van der Waals surface area contributed by atoms with Crippen LogP contribution in [0, 0.1) is 5.92 Å². The standard InChI is InChI=1S/C21H25N5O2/c1-14(26-20(28)17-10-6-5-9-16(17)13-23-26)18-11-19(27)25-21(24-18)22-12-15-7-3-2-4-8-15/h5-6,9-11,13-15H,2-4,7-8,12H2,1H3,(H2,22,24,25,27)/t14-/m0/s1. The van der Waals surface area contributed by atoms with E-state index in [-0.39, 0.29) is 11.1 Å². The largest absolute Gasteiger partial charge is 0.355 e. The molecule has 2 aromatic heterocycles. The molecule has 146 valence electrons. The summed E-state index contributed by atoms with van der Waals surface area (Å²) in [5.41, 5.74) is 0.0843. The van der Waals surface area contributed by atoms with Crippen molar-refractivity contribution in [2.24, 2.45) is 5.92 Å². The molecule has 1 aliphatic rings. The molecule has 1 saturated carbocycles. The van der Waals surface area contributed by atoms with Crippen molar-refractivity contribution < 1.29 is 0 Å². The summed E-state index contributed by atoms with van der Waals surface area (Å²) in [6, 6.07) is 8.33. The molecule has 1 atom stereocenters. The highest BCUT2D eigenvalue weighted by molar-refractivity contribution is 5.80. The first-order valence-corrected chi connectivity index (χ1v) is 9.93. The Hall–Kier alpha value is -2.96. The molecule has 2 N–H and O–H groups in total. The van der Waals surface area contributed by atoms with Gasteiger partial charge in [-0.3, -0.25) is 14.6 Å². The van der Waals surface area contributed by atoms with Gasteiger partial charge in [0, 0.05) is 18.0 Å². The Morgan fingerprint density at radius 3 is 2.82 bits per heavy atom. The summed E-state index contributed by atoms with van der Waals surface area (Å²) in [5.74, 6) is 1.07. The molecular weight excluding hydrogens is 354 g/mol. The summed E-state index contributed by atoms with van der Waals surface area (Å²) in [6.07, 6.45) is 7.94. The molecule has 28 heavy (non-hydrogen) atoms. The van der Waals surface area contributed by atoms with E-state index in [0.717, 1.165) is 11.9 Å². The molecule has 0 radical (unpaired) electrons. The number of nitrogens with zero attached hydrogens (tertiary/aromatic N) is 3. The lowest BCUT2D eigenvalue weighted by Gasteiger charge is -2.22. The van der Waals surface area contributed by atoms with Gasteiger partial charge in [0.15, 0.2) is 0 Å². The van der Waals surface area contributed by atoms with E-state index in [1.54, 1.807) is 12.3 Å². The number of nitrogens with one attached hydrogen (secondary N) is 2. The second kappa shape index (κ2) is 7.96. The zero-order valence-electron chi connectivity index (χ0n) is 16.0. The minimum Gasteiger partial charge on any atom is -0.355 e. The second-order valence-corrected chi connectivity index (χ2v) is 7.56. The van der Waals surface area contributed by atoms with Crippen molar-refractivity contribution in [1.29, 1.82) is 0 Å². The van der Waals surface area contributed by atoms with Crippen molar-refractivity contribution in [2.45, 2.75) is 45.1 Å². The molecule has 0 saturated heterocycles. The van der Waals surface area contributed by atoms with Crippen LogP contribution >= 0.6 is 0 Å². The maximum Gasteiger partial charge on any atom is 0.275 e. The van der Waals surface area contributed by atoms with Crippen LogP contribution in [-0.2, 0) is 0 Å². The molecular formula is C21H25N5O2. The normalized spacial score (nSPS) is 16.2. The second-order valence-electron chi connectivity index (χ2n) is 7.56. The van der Waals surface area contributed by atoms with E-state index in [9.17, 15) is 9.59 Å². The van der Waals surface area contributed by atoms with Gasteiger partial charge in [-0.05, 0) is 31.7 Å². The minimum absolute atomic E-state index is 0.190. The first kappa shape index (κ1) is 18.4. The summed E-state index contributed by atoms with van der Waals surface area (Å²) in [6.45, 7) is 2.63. The van der Waals surface area contributed by atoms with Crippen molar-refractivity contribution in [3.8, 4) is 0 Å². The monoisotopic (exact) mass is 379 g/mol. The Balaban J connectivity index is 1.60. The number of aromatic amines is 1. The van der Waals surface area contributed by atoms with Crippen LogP contribution < -0.4 is 16.4 Å². The lowest BCUT2D eigenvalue weighted by atomic mass is 9.89. The predicted molar refractivity (Wildman–Crippen MR) is 110 cm³/mol. The van der Waals surface area contributed by atoms with E-state index < -0.39 is 6.04 Å². The highest BCUT2D eigenvalue weighted by atomic mass is 16.1. The van der Waals surface area contributed by atoms with Gasteiger partial charge in [-0.15, -0.1) is 0 Å². The van der Waals surface area contributed by atoms with Crippen LogP contribution in [-0.4, -0.2) is 26.3 Å². The van der Waals surface area contributed by atoms with Crippen molar-refractivity contribution in [1.82, 2.24) is 19.7 Å². The summed E-state index contributed by atoms with van der Waals surface area (Å²) in [4.78, 5) is 32.3. The van der Waals surface area contributed by atoms with Gasteiger partial charge >= 0.3 is 0 Å². The molecule has 4 rings (SSSR count). The van der Waals surface area contributed by atoms with E-state index >= 15 is 0 Å². The summed E-state index contributed by atoms with van der Waals surface area (Å²) >= 11 is 0. The lowest BCUT2D eigenvalue weighted by molar-refractivity contribution is 0.373. The van der Waals surface area contributed by atoms with Gasteiger partial charge in [-0.25, -0.2) is 9.67 Å². The minimum atomic E-state index is -0.449. The van der Waals surface area contributed by atoms with Crippen LogP contribution in [0.3, 0.4) is 0 Å². The van der Waals surface area contributed by atoms with E-state index in [1.807, 2.05) is 25.1 Å². The van der Waals surface area contributed by atoms with E-state index in [2.05, 4.69) is 20.4 Å². The number of rotatable bonds is 5. The molecule has 0 spiro atoms. The number of fused-ring (bicyclic) bond motifs is 1. The predicted octanol–water partition coefficient (Wildman–Crippen LogP) is 3.08. The molecule has 0 bridgehead atoms. The van der Waals surface area contributed by atoms with Gasteiger partial charge in [0.05, 0.1) is 23.3 Å². The van der Waals surface area contributed by atoms with E-state index in [0.29, 0.717) is 22.9 Å². The van der Waals surface area contributed by atoms with Crippen LogP contribution in [0.1, 0.15) is 50.8 Å². The smallest absolute Gasteiger partial charge is 0.275 e. The molecule has 0 amide bonds. The van der Waals surface area contributed by atoms with Crippen LogP contribution in [0.25, 0.3) is 10.8 Å². The zero-order valence-corrected chi connectivity index (χ0v) is 16.0. The lowest BCUT2D eigenvalue weighted by Crippen LogP contribution is -2.28. The van der Waals surface area contributed by atoms with Gasteiger partial charge in [-0.2, -0.15) is 5.10 Å². The van der Waals surface area contributed by atoms with Gasteiger partial charge in [-0.1, -0.05) is 37.5 Å². The molecule has 0 unspecified atom stereocenters. The first-order valence-electron chi connectivity index (χ1n) is 9.93. The molecule has 0 aliphatic heterocycles. The molecule has 1 aliphatic carbocycles. The summed E-state index contributed by atoms with van der Waals surface area (Å²) in [7, 11) is 0. The highest BCUT2D eigenvalue weighted by Crippen LogP contribution is 2.23. The third-order valence-electron chi connectivity index (χ3n) is 5.56. The molecule has 7 nitrogen and oxygen atoms in total. The maximum absolute atomic E-state index is 12.8. The van der Waals surface area contributed by atoms with Crippen LogP contribution in [0.5, 0.6) is 0 Å². The molecule has 3 aromatic rings. The average molecular weight is 379 g/mol. The van der Waals surface area contributed by atoms with E-state index in [1.165, 1.54) is 42.9 Å². The van der Waals surface area contributed by atoms with Crippen LogP contribution in [0.15, 0.2) is 46.1 Å². The average Bonchev–Trinajstić information content (AvgIpc) is 2.73. The highest BCUT2D eigenvalue weighted by Gasteiger charge is 2.17. The number of H-pyrrole nitrogens is 1. The number of hydrogen-bond acceptors (Lipinski definition) is 5. The summed E-state index contributed by atoms with van der Waals surface area (Å²) < 4.78 is 1.38. The number of anilines is 1. The Morgan fingerprint density at radius 2 is 2.00 bits per heavy atom. The maximum atomic E-state index is 12.8. The van der Waals surface area contributed by atoms with Gasteiger partial charge in [0.1, 0.15) is 0 Å². The molecule has 1 aromatic carbocycles. The van der Waals surface area contributed by atoms with Crippen molar-refractivity contribution in [3.05, 3.63) is 62.9 Å². The molecule has 2 heterocycles. The fourth-order valence-electron chi connectivity index (χ4n) is 3.91. The quantitative estimate of drug-likeness (QED) is 0.711. The number of hydrogen-bond donors (Lipinski definition) is 2. The third-order valence-corrected chi connectivity index (χ3v) is 5.56. The fourth-order valence-corrected chi connectivity index (χ4v) is 3.91. The van der Waals surface area contributed by atoms with Crippen molar-refractivity contribution in [3.63, 3.8) is 0 Å². The van der Waals surface area contributed by atoms with Gasteiger partial charge < -0.3 is 5.32 Å². The summed E-state index contributed by atoms with van der Waals surface area (Å²) in [5, 5.41) is 8.96. The Bertz CT molecular complexity index is 1080. The zero-order chi connectivity index (χ0) is 19.5. The van der Waals surface area contributed by atoms with E-state index in [4.69, 9.17) is 0 Å². The number of benzene rings is 1. The topological polar surface area (TPSA) is 92.7 Å². The van der Waals surface area contributed by atoms with Crippen molar-refractivity contribution in [2.75, 3.05) is 11.9 Å². The Kier molecular flexibility index (Phi) is 5.23. The SMILES string of the molecule is C[C@@H](c1cc(=O)[nH]c(NCC2CCCCC2)n1)n1ncc2ccccc2c1=O. The van der Waals surface area contributed by atoms with Crippen LogP contribution in [0.2, 0.25) is 0 Å². The first-order chi connectivity index (χ1) is 13.6. The fraction of sp³-hybridized carbons (Fsp3) is 0.429. The Morgan fingerprint density at radius 1 is 1.21 bits per heavy atom.